The summed E-state index contributed by atoms with van der Waals surface area (Å²) in [6.45, 7) is 1.90. The van der Waals surface area contributed by atoms with Crippen molar-refractivity contribution in [1.29, 1.82) is 0 Å². The number of H-pyrrole nitrogens is 1. The third kappa shape index (κ3) is 5.10. The second kappa shape index (κ2) is 9.80. The van der Waals surface area contributed by atoms with Gasteiger partial charge in [0.1, 0.15) is 6.04 Å². The molecule has 4 aromatic rings. The average Bonchev–Trinajstić information content (AvgIpc) is 2.81. The van der Waals surface area contributed by atoms with E-state index in [2.05, 4.69) is 15.3 Å². The van der Waals surface area contributed by atoms with E-state index in [9.17, 15) is 19.5 Å². The molecule has 34 heavy (non-hydrogen) atoms. The summed E-state index contributed by atoms with van der Waals surface area (Å²) in [6.07, 6.45) is 0.184. The van der Waals surface area contributed by atoms with E-state index >= 15 is 0 Å². The molecule has 0 fully saturated rings. The fourth-order valence-corrected chi connectivity index (χ4v) is 4.58. The molecule has 5 N–H and O–H groups in total. The fraction of sp³-hybridized carbons (Fsp3) is 0.120. The second-order valence-corrected chi connectivity index (χ2v) is 8.82. The molecule has 172 valence electrons. The maximum absolute atomic E-state index is 12.7. The predicted molar refractivity (Wildman–Crippen MR) is 131 cm³/mol. The molecule has 1 amide bonds. The van der Waals surface area contributed by atoms with Gasteiger partial charge in [0, 0.05) is 21.8 Å². The quantitative estimate of drug-likeness (QED) is 0.322. The Morgan fingerprint density at radius 1 is 1.09 bits per heavy atom. The molecule has 9 heteroatoms. The lowest BCUT2D eigenvalue weighted by molar-refractivity contribution is -0.139. The van der Waals surface area contributed by atoms with Crippen LogP contribution in [0, 0.1) is 6.92 Å². The minimum Gasteiger partial charge on any atom is -0.480 e. The van der Waals surface area contributed by atoms with Crippen molar-refractivity contribution in [2.75, 3.05) is 5.73 Å². The molecule has 0 bridgehead atoms. The molecule has 0 aliphatic rings. The minimum absolute atomic E-state index is 0.0552. The first-order valence-corrected chi connectivity index (χ1v) is 11.3. The summed E-state index contributed by atoms with van der Waals surface area (Å²) in [5, 5.41) is 12.6. The predicted octanol–water partition coefficient (Wildman–Crippen LogP) is 3.39. The number of fused-ring (bicyclic) bond motifs is 1. The normalized spacial score (nSPS) is 11.8. The van der Waals surface area contributed by atoms with Crippen molar-refractivity contribution in [3.8, 4) is 0 Å². The van der Waals surface area contributed by atoms with E-state index in [4.69, 9.17) is 5.73 Å². The Morgan fingerprint density at radius 2 is 1.79 bits per heavy atom. The zero-order chi connectivity index (χ0) is 24.2. The SMILES string of the molecule is Cc1ccc2nc(N)[nH]c(=O)c2c1Sc1ccc(C(=O)N[C@@H](Cc2ccccc2)C(=O)O)cc1. The van der Waals surface area contributed by atoms with Crippen LogP contribution in [0.4, 0.5) is 5.95 Å². The Labute approximate surface area is 199 Å². The highest BCUT2D eigenvalue weighted by molar-refractivity contribution is 7.99. The number of carbonyl (C=O) groups excluding carboxylic acids is 1. The Kier molecular flexibility index (Phi) is 6.65. The molecule has 0 spiro atoms. The molecule has 0 saturated carbocycles. The lowest BCUT2D eigenvalue weighted by Gasteiger charge is -2.15. The van der Waals surface area contributed by atoms with E-state index < -0.39 is 17.9 Å². The maximum Gasteiger partial charge on any atom is 0.326 e. The number of anilines is 1. The fourth-order valence-electron chi connectivity index (χ4n) is 3.54. The number of amides is 1. The lowest BCUT2D eigenvalue weighted by Crippen LogP contribution is -2.42. The van der Waals surface area contributed by atoms with Crippen LogP contribution in [0.5, 0.6) is 0 Å². The molecule has 0 unspecified atom stereocenters. The number of benzene rings is 3. The summed E-state index contributed by atoms with van der Waals surface area (Å²) in [5.74, 6) is -1.52. The van der Waals surface area contributed by atoms with Gasteiger partial charge in [0.2, 0.25) is 5.95 Å². The molecular formula is C25H22N4O4S. The van der Waals surface area contributed by atoms with Gasteiger partial charge in [-0.1, -0.05) is 48.2 Å². The van der Waals surface area contributed by atoms with Gasteiger partial charge in [-0.05, 0) is 48.4 Å². The number of hydrogen-bond donors (Lipinski definition) is 4. The monoisotopic (exact) mass is 474 g/mol. The Morgan fingerprint density at radius 3 is 2.47 bits per heavy atom. The molecule has 1 heterocycles. The Balaban J connectivity index is 1.52. The van der Waals surface area contributed by atoms with Gasteiger partial charge in [-0.15, -0.1) is 0 Å². The van der Waals surface area contributed by atoms with Gasteiger partial charge < -0.3 is 16.2 Å². The number of hydrogen-bond acceptors (Lipinski definition) is 6. The van der Waals surface area contributed by atoms with Gasteiger partial charge >= 0.3 is 5.97 Å². The van der Waals surface area contributed by atoms with E-state index in [0.29, 0.717) is 16.5 Å². The third-order valence-corrected chi connectivity index (χ3v) is 6.50. The molecule has 4 rings (SSSR count). The largest absolute Gasteiger partial charge is 0.480 e. The van der Waals surface area contributed by atoms with Crippen molar-refractivity contribution in [2.45, 2.75) is 29.2 Å². The average molecular weight is 475 g/mol. The van der Waals surface area contributed by atoms with Crippen molar-refractivity contribution in [2.24, 2.45) is 0 Å². The number of aliphatic carboxylic acids is 1. The standard InChI is InChI=1S/C25H22N4O4S/c1-14-7-12-18-20(23(31)29-25(26)28-18)21(14)34-17-10-8-16(9-11-17)22(30)27-19(24(32)33)13-15-5-3-2-4-6-15/h2-12,19H,13H2,1H3,(H,27,30)(H,32,33)(H3,26,28,29,31)/t19-/m0/s1. The molecule has 0 aliphatic carbocycles. The van der Waals surface area contributed by atoms with Gasteiger partial charge in [-0.2, -0.15) is 0 Å². The number of aromatic amines is 1. The number of nitrogens with zero attached hydrogens (tertiary/aromatic N) is 1. The molecule has 1 aromatic heterocycles. The van der Waals surface area contributed by atoms with Crippen LogP contribution in [0.1, 0.15) is 21.5 Å². The second-order valence-electron chi connectivity index (χ2n) is 7.74. The van der Waals surface area contributed by atoms with Crippen LogP contribution >= 0.6 is 11.8 Å². The third-order valence-electron chi connectivity index (χ3n) is 5.26. The zero-order valence-electron chi connectivity index (χ0n) is 18.2. The summed E-state index contributed by atoms with van der Waals surface area (Å²) in [4.78, 5) is 45.1. The summed E-state index contributed by atoms with van der Waals surface area (Å²) in [5.41, 5.74) is 7.91. The Hall–Kier alpha value is -4.11. The zero-order valence-corrected chi connectivity index (χ0v) is 19.1. The first-order valence-electron chi connectivity index (χ1n) is 10.5. The number of carboxylic acid groups (broad SMARTS) is 1. The van der Waals surface area contributed by atoms with Crippen LogP contribution in [0.15, 0.2) is 81.3 Å². The van der Waals surface area contributed by atoms with E-state index in [1.54, 1.807) is 30.3 Å². The van der Waals surface area contributed by atoms with Gasteiger partial charge in [-0.3, -0.25) is 14.6 Å². The van der Waals surface area contributed by atoms with E-state index in [1.807, 2.05) is 43.3 Å². The van der Waals surface area contributed by atoms with Gasteiger partial charge in [0.25, 0.3) is 11.5 Å². The molecule has 1 atom stereocenters. The number of nitrogens with one attached hydrogen (secondary N) is 2. The minimum atomic E-state index is -1.10. The number of nitrogens with two attached hydrogens (primary N) is 1. The van der Waals surface area contributed by atoms with Crippen molar-refractivity contribution in [3.63, 3.8) is 0 Å². The van der Waals surface area contributed by atoms with Crippen molar-refractivity contribution in [3.05, 3.63) is 93.8 Å². The van der Waals surface area contributed by atoms with Crippen molar-refractivity contribution >= 4 is 40.5 Å². The summed E-state index contributed by atoms with van der Waals surface area (Å²) < 4.78 is 0. The van der Waals surface area contributed by atoms with Crippen LogP contribution in [0.2, 0.25) is 0 Å². The Bertz CT molecular complexity index is 1420. The molecule has 0 radical (unpaired) electrons. The highest BCUT2D eigenvalue weighted by atomic mass is 32.2. The molecule has 8 nitrogen and oxygen atoms in total. The molecule has 3 aromatic carbocycles. The summed E-state index contributed by atoms with van der Waals surface area (Å²) in [7, 11) is 0. The number of aromatic nitrogens is 2. The first-order chi connectivity index (χ1) is 16.3. The molecule has 0 saturated heterocycles. The van der Waals surface area contributed by atoms with Gasteiger partial charge in [0.15, 0.2) is 0 Å². The van der Waals surface area contributed by atoms with Crippen LogP contribution < -0.4 is 16.6 Å². The highest BCUT2D eigenvalue weighted by Crippen LogP contribution is 2.34. The highest BCUT2D eigenvalue weighted by Gasteiger charge is 2.21. The number of aryl methyl sites for hydroxylation is 1. The van der Waals surface area contributed by atoms with Gasteiger partial charge in [-0.25, -0.2) is 9.78 Å². The van der Waals surface area contributed by atoms with Crippen molar-refractivity contribution < 1.29 is 14.7 Å². The van der Waals surface area contributed by atoms with Gasteiger partial charge in [0.05, 0.1) is 10.9 Å². The van der Waals surface area contributed by atoms with E-state index in [-0.39, 0.29) is 17.9 Å². The summed E-state index contributed by atoms with van der Waals surface area (Å²) in [6, 6.07) is 18.5. The van der Waals surface area contributed by atoms with Crippen LogP contribution in [-0.2, 0) is 11.2 Å². The molecule has 0 aliphatic heterocycles. The lowest BCUT2D eigenvalue weighted by atomic mass is 10.1. The number of nitrogen functional groups attached to an aromatic ring is 1. The smallest absolute Gasteiger partial charge is 0.326 e. The maximum atomic E-state index is 12.7. The number of carbonyl (C=O) groups is 2. The van der Waals surface area contributed by atoms with Crippen LogP contribution in [-0.4, -0.2) is 33.0 Å². The summed E-state index contributed by atoms with van der Waals surface area (Å²) >= 11 is 1.38. The van der Waals surface area contributed by atoms with Crippen molar-refractivity contribution in [1.82, 2.24) is 15.3 Å². The number of carboxylic acids is 1. The van der Waals surface area contributed by atoms with Crippen LogP contribution in [0.3, 0.4) is 0 Å². The van der Waals surface area contributed by atoms with E-state index in [1.165, 1.54) is 11.8 Å². The first kappa shape index (κ1) is 23.1. The van der Waals surface area contributed by atoms with E-state index in [0.717, 1.165) is 20.9 Å². The van der Waals surface area contributed by atoms with Crippen LogP contribution in [0.25, 0.3) is 10.9 Å². The number of rotatable bonds is 7. The molecular weight excluding hydrogens is 452 g/mol. The topological polar surface area (TPSA) is 138 Å².